The maximum atomic E-state index is 12.3. The molecule has 2 aromatic rings. The number of fused-ring (bicyclic) bond motifs is 1. The third kappa shape index (κ3) is 3.36. The van der Waals surface area contributed by atoms with Crippen molar-refractivity contribution in [2.45, 2.75) is 17.9 Å². The van der Waals surface area contributed by atoms with Crippen LogP contribution in [0.4, 0.5) is 0 Å². The van der Waals surface area contributed by atoms with E-state index in [0.29, 0.717) is 25.4 Å². The zero-order valence-electron chi connectivity index (χ0n) is 12.0. The summed E-state index contributed by atoms with van der Waals surface area (Å²) in [5.41, 5.74) is 0.966. The van der Waals surface area contributed by atoms with Crippen LogP contribution in [-0.2, 0) is 9.53 Å². The molecule has 1 saturated heterocycles. The molecule has 3 rings (SSSR count). The Morgan fingerprint density at radius 1 is 1.43 bits per heavy atom. The van der Waals surface area contributed by atoms with Gasteiger partial charge in [0.05, 0.1) is 24.0 Å². The third-order valence-corrected chi connectivity index (χ3v) is 4.57. The summed E-state index contributed by atoms with van der Waals surface area (Å²) in [5.74, 6) is 0.616. The van der Waals surface area contributed by atoms with Crippen LogP contribution in [0.3, 0.4) is 0 Å². The largest absolute Gasteiger partial charge is 0.375 e. The number of para-hydroxylation sites is 1. The maximum absolute atomic E-state index is 12.3. The van der Waals surface area contributed by atoms with Gasteiger partial charge < -0.3 is 9.64 Å². The Balaban J connectivity index is 1.67. The normalized spacial score (nSPS) is 18.9. The second-order valence-electron chi connectivity index (χ2n) is 5.14. The van der Waals surface area contributed by atoms with Crippen LogP contribution < -0.4 is 0 Å². The Morgan fingerprint density at radius 2 is 2.29 bits per heavy atom. The molecular formula is C16H18N2O2S. The summed E-state index contributed by atoms with van der Waals surface area (Å²) in [4.78, 5) is 19.6. The summed E-state index contributed by atoms with van der Waals surface area (Å²) in [6, 6.07) is 10.0. The molecule has 1 amide bonds. The average Bonchev–Trinajstić information content (AvgIpc) is 2.52. The van der Waals surface area contributed by atoms with Crippen LogP contribution in [0.1, 0.15) is 6.92 Å². The number of amides is 1. The lowest BCUT2D eigenvalue weighted by Crippen LogP contribution is -2.45. The maximum Gasteiger partial charge on any atom is 0.233 e. The Morgan fingerprint density at radius 3 is 3.14 bits per heavy atom. The molecule has 21 heavy (non-hydrogen) atoms. The highest BCUT2D eigenvalue weighted by Crippen LogP contribution is 2.26. The standard InChI is InChI=1S/C16H18N2O2S/c1-12-10-18(8-9-20-12)15(19)11-21-14-6-2-4-13-5-3-7-17-16(13)14/h2-7,12H,8-11H2,1H3. The van der Waals surface area contributed by atoms with Crippen molar-refractivity contribution in [2.75, 3.05) is 25.4 Å². The second-order valence-corrected chi connectivity index (χ2v) is 6.16. The van der Waals surface area contributed by atoms with Gasteiger partial charge >= 0.3 is 0 Å². The molecule has 1 fully saturated rings. The van der Waals surface area contributed by atoms with Crippen LogP contribution in [0.2, 0.25) is 0 Å². The molecule has 0 saturated carbocycles. The molecule has 1 aliphatic rings. The quantitative estimate of drug-likeness (QED) is 0.817. The van der Waals surface area contributed by atoms with Crippen LogP contribution in [0.25, 0.3) is 10.9 Å². The van der Waals surface area contributed by atoms with Gasteiger partial charge in [-0.05, 0) is 19.1 Å². The van der Waals surface area contributed by atoms with Crippen LogP contribution in [0, 0.1) is 0 Å². The number of hydrogen-bond acceptors (Lipinski definition) is 4. The number of rotatable bonds is 3. The fraction of sp³-hybridized carbons (Fsp3) is 0.375. The summed E-state index contributed by atoms with van der Waals surface area (Å²) in [6.45, 7) is 4.01. The molecular weight excluding hydrogens is 284 g/mol. The first-order valence-corrected chi connectivity index (χ1v) is 8.08. The molecule has 2 heterocycles. The van der Waals surface area contributed by atoms with E-state index in [0.717, 1.165) is 15.8 Å². The third-order valence-electron chi connectivity index (χ3n) is 3.54. The minimum Gasteiger partial charge on any atom is -0.375 e. The molecule has 1 aromatic carbocycles. The number of carbonyl (C=O) groups excluding carboxylic acids is 1. The number of thioether (sulfide) groups is 1. The molecule has 0 aliphatic carbocycles. The van der Waals surface area contributed by atoms with E-state index < -0.39 is 0 Å². The van der Waals surface area contributed by atoms with Gasteiger partial charge in [0.2, 0.25) is 5.91 Å². The summed E-state index contributed by atoms with van der Waals surface area (Å²) >= 11 is 1.56. The van der Waals surface area contributed by atoms with E-state index >= 15 is 0 Å². The topological polar surface area (TPSA) is 42.4 Å². The van der Waals surface area contributed by atoms with Gasteiger partial charge in [0.25, 0.3) is 0 Å². The minimum atomic E-state index is 0.131. The molecule has 5 heteroatoms. The highest BCUT2D eigenvalue weighted by atomic mass is 32.2. The van der Waals surface area contributed by atoms with Crippen molar-refractivity contribution in [3.05, 3.63) is 36.5 Å². The molecule has 1 atom stereocenters. The number of morpholine rings is 1. The number of ether oxygens (including phenoxy) is 1. The van der Waals surface area contributed by atoms with Gasteiger partial charge in [0.15, 0.2) is 0 Å². The average molecular weight is 302 g/mol. The first-order chi connectivity index (χ1) is 10.2. The van der Waals surface area contributed by atoms with Gasteiger partial charge in [-0.25, -0.2) is 0 Å². The fourth-order valence-electron chi connectivity index (χ4n) is 2.47. The van der Waals surface area contributed by atoms with E-state index in [1.807, 2.05) is 42.2 Å². The monoisotopic (exact) mass is 302 g/mol. The molecule has 4 nitrogen and oxygen atoms in total. The van der Waals surface area contributed by atoms with E-state index in [4.69, 9.17) is 4.74 Å². The molecule has 1 unspecified atom stereocenters. The van der Waals surface area contributed by atoms with Crippen LogP contribution in [0.5, 0.6) is 0 Å². The van der Waals surface area contributed by atoms with Gasteiger partial charge in [-0.2, -0.15) is 0 Å². The van der Waals surface area contributed by atoms with Crippen molar-refractivity contribution in [3.8, 4) is 0 Å². The number of benzene rings is 1. The first-order valence-electron chi connectivity index (χ1n) is 7.10. The second kappa shape index (κ2) is 6.45. The van der Waals surface area contributed by atoms with Crippen molar-refractivity contribution >= 4 is 28.6 Å². The van der Waals surface area contributed by atoms with E-state index in [1.165, 1.54) is 0 Å². The summed E-state index contributed by atoms with van der Waals surface area (Å²) in [6.07, 6.45) is 1.92. The Bertz CT molecular complexity index is 642. The lowest BCUT2D eigenvalue weighted by Gasteiger charge is -2.31. The molecule has 1 aliphatic heterocycles. The number of nitrogens with zero attached hydrogens (tertiary/aromatic N) is 2. The van der Waals surface area contributed by atoms with Gasteiger partial charge in [-0.15, -0.1) is 11.8 Å². The zero-order valence-corrected chi connectivity index (χ0v) is 12.8. The number of hydrogen-bond donors (Lipinski definition) is 0. The number of carbonyl (C=O) groups is 1. The summed E-state index contributed by atoms with van der Waals surface area (Å²) in [7, 11) is 0. The van der Waals surface area contributed by atoms with E-state index in [9.17, 15) is 4.79 Å². The minimum absolute atomic E-state index is 0.131. The Hall–Kier alpha value is -1.59. The van der Waals surface area contributed by atoms with Gasteiger partial charge in [0.1, 0.15) is 0 Å². The zero-order chi connectivity index (χ0) is 14.7. The number of pyridine rings is 1. The Kier molecular flexibility index (Phi) is 4.41. The number of aromatic nitrogens is 1. The van der Waals surface area contributed by atoms with Crippen molar-refractivity contribution in [1.29, 1.82) is 0 Å². The van der Waals surface area contributed by atoms with Crippen LogP contribution >= 0.6 is 11.8 Å². The predicted octanol–water partition coefficient (Wildman–Crippen LogP) is 2.57. The van der Waals surface area contributed by atoms with Gasteiger partial charge in [-0.3, -0.25) is 9.78 Å². The highest BCUT2D eigenvalue weighted by molar-refractivity contribution is 8.00. The lowest BCUT2D eigenvalue weighted by molar-refractivity contribution is -0.135. The predicted molar refractivity (Wildman–Crippen MR) is 84.5 cm³/mol. The van der Waals surface area contributed by atoms with Crippen molar-refractivity contribution in [3.63, 3.8) is 0 Å². The molecule has 0 bridgehead atoms. The molecule has 0 radical (unpaired) electrons. The molecule has 0 N–H and O–H groups in total. The summed E-state index contributed by atoms with van der Waals surface area (Å²) < 4.78 is 5.47. The van der Waals surface area contributed by atoms with Crippen LogP contribution in [0.15, 0.2) is 41.4 Å². The summed E-state index contributed by atoms with van der Waals surface area (Å²) in [5, 5.41) is 1.11. The lowest BCUT2D eigenvalue weighted by atomic mass is 10.2. The van der Waals surface area contributed by atoms with Crippen molar-refractivity contribution in [1.82, 2.24) is 9.88 Å². The van der Waals surface area contributed by atoms with E-state index in [-0.39, 0.29) is 12.0 Å². The van der Waals surface area contributed by atoms with Crippen LogP contribution in [-0.4, -0.2) is 47.3 Å². The smallest absolute Gasteiger partial charge is 0.233 e. The highest BCUT2D eigenvalue weighted by Gasteiger charge is 2.21. The molecule has 0 spiro atoms. The molecule has 1 aromatic heterocycles. The van der Waals surface area contributed by atoms with E-state index in [1.54, 1.807) is 18.0 Å². The Labute approximate surface area is 128 Å². The fourth-order valence-corrected chi connectivity index (χ4v) is 3.41. The van der Waals surface area contributed by atoms with E-state index in [2.05, 4.69) is 4.98 Å². The van der Waals surface area contributed by atoms with Gasteiger partial charge in [0, 0.05) is 29.6 Å². The van der Waals surface area contributed by atoms with Crippen molar-refractivity contribution in [2.24, 2.45) is 0 Å². The SMILES string of the molecule is CC1CN(C(=O)CSc2cccc3cccnc23)CCO1. The van der Waals surface area contributed by atoms with Crippen molar-refractivity contribution < 1.29 is 9.53 Å². The first kappa shape index (κ1) is 14.4. The molecule has 110 valence electrons. The van der Waals surface area contributed by atoms with Gasteiger partial charge in [-0.1, -0.05) is 18.2 Å².